The Bertz CT molecular complexity index is 1040. The third-order valence-corrected chi connectivity index (χ3v) is 8.63. The van der Waals surface area contributed by atoms with E-state index in [-0.39, 0.29) is 55.0 Å². The zero-order valence-corrected chi connectivity index (χ0v) is 22.8. The third kappa shape index (κ3) is 10.0. The summed E-state index contributed by atoms with van der Waals surface area (Å²) in [7, 11) is -8.51. The molecule has 17 heteroatoms. The molecule has 0 spiro atoms. The summed E-state index contributed by atoms with van der Waals surface area (Å²) in [6.45, 7) is 1.28. The maximum absolute atomic E-state index is 13.3. The molecule has 0 unspecified atom stereocenters. The Labute approximate surface area is 221 Å². The van der Waals surface area contributed by atoms with Gasteiger partial charge < -0.3 is 1.43 Å². The molecule has 1 aliphatic heterocycles. The fourth-order valence-corrected chi connectivity index (χ4v) is 6.72. The van der Waals surface area contributed by atoms with Gasteiger partial charge in [-0.25, -0.2) is 0 Å². The van der Waals surface area contributed by atoms with Gasteiger partial charge in [-0.1, -0.05) is 22.0 Å². The minimum Gasteiger partial charge on any atom is -1.00 e. The molecule has 0 aliphatic carbocycles. The molecule has 0 atom stereocenters. The van der Waals surface area contributed by atoms with Crippen LogP contribution in [0.3, 0.4) is 0 Å². The van der Waals surface area contributed by atoms with Crippen LogP contribution < -0.4 is 29.6 Å². The van der Waals surface area contributed by atoms with Gasteiger partial charge >= 0.3 is 35.7 Å². The topological polar surface area (TPSA) is 127 Å². The predicted octanol–water partition coefficient (Wildman–Crippen LogP) is -1.08. The van der Waals surface area contributed by atoms with Crippen LogP contribution in [0.25, 0.3) is 0 Å². The van der Waals surface area contributed by atoms with Crippen molar-refractivity contribution in [3.63, 3.8) is 0 Å². The predicted molar refractivity (Wildman–Crippen MR) is 113 cm³/mol. The van der Waals surface area contributed by atoms with Gasteiger partial charge in [0.25, 0.3) is 25.9 Å². The standard InChI is InChI=1S/C16H21BrF3N3O7S2.Na.H/c17-3-9-31(26,27)30-32(28,29)10-8-21-4-6-22(7-5-21)12-13-1-2-14(23(24)25)11-15(13)16(18,19)20;;/h1-2,11H,3-10,12H2;;/q;+1;-1. The van der Waals surface area contributed by atoms with Gasteiger partial charge in [-0.3, -0.25) is 19.9 Å². The normalized spacial score (nSPS) is 16.4. The van der Waals surface area contributed by atoms with Gasteiger partial charge in [-0.2, -0.15) is 30.0 Å². The second kappa shape index (κ2) is 12.6. The minimum absolute atomic E-state index is 0. The van der Waals surface area contributed by atoms with Crippen molar-refractivity contribution in [1.82, 2.24) is 9.80 Å². The first-order valence-corrected chi connectivity index (χ1v) is 13.5. The van der Waals surface area contributed by atoms with Crippen molar-refractivity contribution in [1.29, 1.82) is 0 Å². The zero-order valence-electron chi connectivity index (χ0n) is 18.6. The Hall–Kier alpha value is -0.330. The molecule has 0 saturated carbocycles. The summed E-state index contributed by atoms with van der Waals surface area (Å²) in [5.74, 6) is -1.04. The Kier molecular flexibility index (Phi) is 11.7. The second-order valence-corrected chi connectivity index (χ2v) is 11.4. The molecular weight excluding hydrogens is 570 g/mol. The molecule has 1 heterocycles. The molecule has 1 aromatic carbocycles. The van der Waals surface area contributed by atoms with Gasteiger partial charge in [0.15, 0.2) is 0 Å². The van der Waals surface area contributed by atoms with Crippen LogP contribution in [0.4, 0.5) is 18.9 Å². The Morgan fingerprint density at radius 3 is 2.12 bits per heavy atom. The first-order valence-electron chi connectivity index (χ1n) is 9.24. The quantitative estimate of drug-likeness (QED) is 0.144. The number of halogens is 4. The van der Waals surface area contributed by atoms with Crippen molar-refractivity contribution in [2.24, 2.45) is 0 Å². The van der Waals surface area contributed by atoms with E-state index in [9.17, 15) is 40.1 Å². The van der Waals surface area contributed by atoms with Gasteiger partial charge in [0.05, 0.1) is 22.0 Å². The molecule has 10 nitrogen and oxygen atoms in total. The van der Waals surface area contributed by atoms with Crippen molar-refractivity contribution in [2.45, 2.75) is 12.7 Å². The summed E-state index contributed by atoms with van der Waals surface area (Å²) in [5, 5.41) is 10.8. The van der Waals surface area contributed by atoms with Crippen LogP contribution >= 0.6 is 15.9 Å². The minimum atomic E-state index is -4.74. The van der Waals surface area contributed by atoms with E-state index in [2.05, 4.69) is 19.6 Å². The molecule has 0 radical (unpaired) electrons. The number of rotatable bonds is 10. The first-order chi connectivity index (χ1) is 14.7. The van der Waals surface area contributed by atoms with E-state index in [1.807, 2.05) is 0 Å². The molecule has 33 heavy (non-hydrogen) atoms. The van der Waals surface area contributed by atoms with Crippen molar-refractivity contribution in [3.05, 3.63) is 39.4 Å². The van der Waals surface area contributed by atoms with Crippen LogP contribution in [0.15, 0.2) is 18.2 Å². The van der Waals surface area contributed by atoms with E-state index in [4.69, 9.17) is 0 Å². The maximum atomic E-state index is 13.3. The van der Waals surface area contributed by atoms with Crippen LogP contribution in [0, 0.1) is 10.1 Å². The van der Waals surface area contributed by atoms with Crippen molar-refractivity contribution < 1.29 is 69.5 Å². The summed E-state index contributed by atoms with van der Waals surface area (Å²) >= 11 is 2.89. The third-order valence-electron chi connectivity index (χ3n) is 4.66. The van der Waals surface area contributed by atoms with Gasteiger partial charge in [-0.05, 0) is 5.56 Å². The van der Waals surface area contributed by atoms with E-state index in [1.165, 1.54) is 0 Å². The number of hydrogen-bond donors (Lipinski definition) is 0. The van der Waals surface area contributed by atoms with Gasteiger partial charge in [-0.15, -0.1) is 3.63 Å². The summed E-state index contributed by atoms with van der Waals surface area (Å²) in [5.41, 5.74) is -1.81. The molecular formula is C16H22BrF3N3NaO7S2. The van der Waals surface area contributed by atoms with E-state index in [1.54, 1.807) is 9.80 Å². The van der Waals surface area contributed by atoms with E-state index < -0.39 is 54.1 Å². The summed E-state index contributed by atoms with van der Waals surface area (Å²) in [6.07, 6.45) is -4.74. The Morgan fingerprint density at radius 2 is 1.61 bits per heavy atom. The van der Waals surface area contributed by atoms with E-state index in [0.717, 1.165) is 12.1 Å². The maximum Gasteiger partial charge on any atom is 1.00 e. The van der Waals surface area contributed by atoms with Crippen molar-refractivity contribution >= 4 is 41.9 Å². The monoisotopic (exact) mass is 591 g/mol. The number of nitro benzene ring substituents is 1. The number of non-ortho nitro benzene ring substituents is 1. The average molecular weight is 592 g/mol. The van der Waals surface area contributed by atoms with Gasteiger partial charge in [0.2, 0.25) is 0 Å². The van der Waals surface area contributed by atoms with E-state index in [0.29, 0.717) is 32.2 Å². The van der Waals surface area contributed by atoms with E-state index >= 15 is 0 Å². The number of nitrogens with zero attached hydrogens (tertiary/aromatic N) is 3. The summed E-state index contributed by atoms with van der Waals surface area (Å²) < 4.78 is 91.0. The molecule has 0 amide bonds. The number of piperazine rings is 1. The molecule has 1 aliphatic rings. The fourth-order valence-electron chi connectivity index (χ4n) is 3.05. The smallest absolute Gasteiger partial charge is 1.00 e. The first kappa shape index (κ1) is 30.7. The van der Waals surface area contributed by atoms with Crippen LogP contribution in [0.2, 0.25) is 0 Å². The molecule has 1 aromatic rings. The Balaban J connectivity index is 0.00000544. The van der Waals surface area contributed by atoms with Crippen LogP contribution in [0.5, 0.6) is 0 Å². The molecule has 1 fully saturated rings. The van der Waals surface area contributed by atoms with Gasteiger partial charge in [0, 0.05) is 56.7 Å². The Morgan fingerprint density at radius 1 is 1.06 bits per heavy atom. The average Bonchev–Trinajstić information content (AvgIpc) is 2.66. The van der Waals surface area contributed by atoms with Gasteiger partial charge in [0.1, 0.15) is 0 Å². The number of benzene rings is 1. The molecule has 1 saturated heterocycles. The van der Waals surface area contributed by atoms with Crippen molar-refractivity contribution in [3.8, 4) is 0 Å². The second-order valence-electron chi connectivity index (χ2n) is 6.99. The number of nitro groups is 1. The number of hydrogen-bond acceptors (Lipinski definition) is 9. The molecule has 0 bridgehead atoms. The summed E-state index contributed by atoms with van der Waals surface area (Å²) in [6, 6.07) is 2.63. The van der Waals surface area contributed by atoms with Crippen LogP contribution in [0.1, 0.15) is 12.6 Å². The molecule has 0 aromatic heterocycles. The number of alkyl halides is 4. The largest absolute Gasteiger partial charge is 1.00 e. The SMILES string of the molecule is O=[N+]([O-])c1ccc(CN2CCN(CCS(=O)(=O)OS(=O)(=O)CCBr)CC2)c(C(F)(F)F)c1.[H-].[Na+]. The molecule has 2 rings (SSSR count). The zero-order chi connectivity index (χ0) is 24.2. The summed E-state index contributed by atoms with van der Waals surface area (Å²) in [4.78, 5) is 13.4. The van der Waals surface area contributed by atoms with Crippen LogP contribution in [-0.4, -0.2) is 81.1 Å². The van der Waals surface area contributed by atoms with Crippen molar-refractivity contribution in [2.75, 3.05) is 49.6 Å². The molecule has 0 N–H and O–H groups in total. The van der Waals surface area contributed by atoms with Crippen LogP contribution in [-0.2, 0) is 36.6 Å². The molecule has 184 valence electrons. The fraction of sp³-hybridized carbons (Fsp3) is 0.625.